The zero-order valence-corrected chi connectivity index (χ0v) is 35.0. The van der Waals surface area contributed by atoms with E-state index in [-0.39, 0.29) is 44.9 Å². The van der Waals surface area contributed by atoms with Crippen molar-refractivity contribution >= 4 is 22.6 Å². The second-order valence-electron chi connectivity index (χ2n) is 16.5. The Hall–Kier alpha value is -4.22. The number of carbonyl (C=O) groups is 2. The van der Waals surface area contributed by atoms with Crippen LogP contribution in [0.1, 0.15) is 83.8 Å². The van der Waals surface area contributed by atoms with Gasteiger partial charge in [0.15, 0.2) is 0 Å². The molecule has 0 aromatic heterocycles. The summed E-state index contributed by atoms with van der Waals surface area (Å²) in [6.45, 7) is 12.1. The van der Waals surface area contributed by atoms with E-state index in [1.165, 1.54) is 14.0 Å². The Morgan fingerprint density at radius 1 is 1.05 bits per heavy atom. The average molecular weight is 808 g/mol. The summed E-state index contributed by atoms with van der Waals surface area (Å²) in [5.74, 6) is -5.23. The van der Waals surface area contributed by atoms with Gasteiger partial charge in [-0.2, -0.15) is 0 Å². The molecule has 0 aliphatic carbocycles. The first-order valence-electron chi connectivity index (χ1n) is 20.7. The van der Waals surface area contributed by atoms with Crippen LogP contribution in [0.3, 0.4) is 0 Å². The minimum absolute atomic E-state index is 0.0784. The highest BCUT2D eigenvalue weighted by Crippen LogP contribution is 2.50. The number of ether oxygens (including phenoxy) is 1. The van der Waals surface area contributed by atoms with E-state index in [0.29, 0.717) is 50.1 Å². The van der Waals surface area contributed by atoms with E-state index in [2.05, 4.69) is 24.5 Å². The predicted octanol–water partition coefficient (Wildman–Crippen LogP) is 10.1. The first-order valence-corrected chi connectivity index (χ1v) is 20.7. The van der Waals surface area contributed by atoms with Crippen LogP contribution in [0.15, 0.2) is 78.9 Å². The Kier molecular flexibility index (Phi) is 14.5. The summed E-state index contributed by atoms with van der Waals surface area (Å²) in [4.78, 5) is 32.4. The van der Waals surface area contributed by atoms with E-state index in [9.17, 15) is 19.1 Å². The molecule has 0 saturated carbocycles. The maximum Gasteiger partial charge on any atom is 0.326 e. The molecule has 3 aromatic rings. The number of amides is 1. The Morgan fingerprint density at radius 2 is 1.74 bits per heavy atom. The zero-order valence-electron chi connectivity index (χ0n) is 35.0. The standard InChI is InChI=1S/C47H61F4N3O4/c1-8-13-35(48)31-53-24-22-46(23-25-53,47(50,51)32(4)5)44(57)52(6)41(43(55)56)28-34-14-11-16-38-37(34)15-12-17-39(38)40-19-18-33(27-42(40)58-7)30-54-26-21-45(49,20-9-2)29-36(54)10-3/h9,11-12,14-20,27,35-36,41H,4,8,10,13,21-26,28-31H2,1-3,5-7H3,(H,55,56)/b20-9+/t35?,36?,41-,45?/m0/s1. The van der Waals surface area contributed by atoms with E-state index in [1.807, 2.05) is 56.3 Å². The number of carbonyl (C=O) groups excluding carboxylic acids is 1. The second-order valence-corrected chi connectivity index (χ2v) is 16.5. The number of alkyl halides is 4. The van der Waals surface area contributed by atoms with Gasteiger partial charge in [0.2, 0.25) is 5.91 Å². The first kappa shape index (κ1) is 44.9. The summed E-state index contributed by atoms with van der Waals surface area (Å²) in [6.07, 6.45) is 4.49. The molecule has 1 N–H and O–H groups in total. The molecule has 58 heavy (non-hydrogen) atoms. The van der Waals surface area contributed by atoms with Crippen molar-refractivity contribution in [3.63, 3.8) is 0 Å². The molecule has 7 nitrogen and oxygen atoms in total. The highest BCUT2D eigenvalue weighted by molar-refractivity contribution is 6.00. The number of fused-ring (bicyclic) bond motifs is 1. The minimum atomic E-state index is -3.62. The van der Waals surface area contributed by atoms with Crippen molar-refractivity contribution in [3.05, 3.63) is 90.0 Å². The molecule has 3 aromatic carbocycles. The van der Waals surface area contributed by atoms with Gasteiger partial charge in [-0.15, -0.1) is 0 Å². The van der Waals surface area contributed by atoms with Gasteiger partial charge in [0.05, 0.1) is 7.11 Å². The molecule has 0 spiro atoms. The van der Waals surface area contributed by atoms with Gasteiger partial charge in [-0.05, 0) is 98.1 Å². The van der Waals surface area contributed by atoms with Crippen molar-refractivity contribution in [1.29, 1.82) is 0 Å². The molecule has 2 aliphatic heterocycles. The van der Waals surface area contributed by atoms with Gasteiger partial charge in [0, 0.05) is 51.1 Å². The number of aliphatic carboxylic acids is 1. The first-order chi connectivity index (χ1) is 27.5. The number of benzene rings is 3. The number of hydrogen-bond donors (Lipinski definition) is 1. The van der Waals surface area contributed by atoms with Gasteiger partial charge in [-0.3, -0.25) is 9.69 Å². The van der Waals surface area contributed by atoms with Crippen molar-refractivity contribution in [2.45, 2.75) is 115 Å². The van der Waals surface area contributed by atoms with Crippen LogP contribution < -0.4 is 4.74 Å². The zero-order chi connectivity index (χ0) is 42.4. The second kappa shape index (κ2) is 18.8. The summed E-state index contributed by atoms with van der Waals surface area (Å²) < 4.78 is 68.2. The Morgan fingerprint density at radius 3 is 2.36 bits per heavy atom. The Bertz CT molecular complexity index is 1960. The lowest BCUT2D eigenvalue weighted by molar-refractivity contribution is -0.177. The molecule has 4 atom stereocenters. The number of allylic oxidation sites excluding steroid dienone is 3. The maximum absolute atomic E-state index is 16.2. The third-order valence-corrected chi connectivity index (χ3v) is 12.6. The van der Waals surface area contributed by atoms with Gasteiger partial charge in [0.1, 0.15) is 29.0 Å². The SMILES string of the molecule is C=C(C)C(F)(F)C1(C(=O)N(C)[C@@H](Cc2cccc3c(-c4ccc(CN5CCC(F)(/C=C/C)CC5CC)cc4OC)cccc23)C(=O)O)CCN(CC(F)CCC)CC1. The third kappa shape index (κ3) is 9.31. The number of piperidine rings is 2. The quantitative estimate of drug-likeness (QED) is 0.108. The molecule has 3 unspecified atom stereocenters. The van der Waals surface area contributed by atoms with Gasteiger partial charge in [-0.1, -0.05) is 87.5 Å². The highest BCUT2D eigenvalue weighted by atomic mass is 19.3. The molecular weight excluding hydrogens is 747 g/mol. The van der Waals surface area contributed by atoms with E-state index in [0.717, 1.165) is 38.8 Å². The van der Waals surface area contributed by atoms with Crippen LogP contribution in [0.4, 0.5) is 17.6 Å². The smallest absolute Gasteiger partial charge is 0.326 e. The van der Waals surface area contributed by atoms with Crippen molar-refractivity contribution in [2.75, 3.05) is 40.3 Å². The number of carboxylic acids is 1. The number of likely N-dealkylation sites (tertiary alicyclic amines) is 2. The third-order valence-electron chi connectivity index (χ3n) is 12.6. The van der Waals surface area contributed by atoms with Gasteiger partial charge in [-0.25, -0.2) is 22.4 Å². The summed E-state index contributed by atoms with van der Waals surface area (Å²) in [5, 5.41) is 12.1. The lowest BCUT2D eigenvalue weighted by atomic mass is 9.69. The fourth-order valence-corrected chi connectivity index (χ4v) is 9.22. The number of halogens is 4. The molecular formula is C47H61F4N3O4. The molecule has 11 heteroatoms. The summed E-state index contributed by atoms with van der Waals surface area (Å²) in [5.41, 5.74) is -0.610. The fourth-order valence-electron chi connectivity index (χ4n) is 9.22. The number of likely N-dealkylation sites (N-methyl/N-ethyl adjacent to an activating group) is 1. The fraction of sp³-hybridized carbons (Fsp3) is 0.532. The minimum Gasteiger partial charge on any atom is -0.496 e. The van der Waals surface area contributed by atoms with Gasteiger partial charge in [0.25, 0.3) is 5.92 Å². The van der Waals surface area contributed by atoms with Gasteiger partial charge >= 0.3 is 5.97 Å². The van der Waals surface area contributed by atoms with Crippen molar-refractivity contribution < 1.29 is 37.0 Å². The largest absolute Gasteiger partial charge is 0.496 e. The molecule has 2 saturated heterocycles. The van der Waals surface area contributed by atoms with Crippen LogP contribution in [0, 0.1) is 5.41 Å². The number of methoxy groups -OCH3 is 1. The number of nitrogens with zero attached hydrogens (tertiary/aromatic N) is 3. The van der Waals surface area contributed by atoms with Crippen LogP contribution in [0.2, 0.25) is 0 Å². The van der Waals surface area contributed by atoms with E-state index >= 15 is 13.2 Å². The lowest BCUT2D eigenvalue weighted by Gasteiger charge is -2.47. The van der Waals surface area contributed by atoms with Crippen LogP contribution in [-0.4, -0.2) is 102 Å². The lowest BCUT2D eigenvalue weighted by Crippen LogP contribution is -2.61. The average Bonchev–Trinajstić information content (AvgIpc) is 3.20. The van der Waals surface area contributed by atoms with Crippen molar-refractivity contribution in [2.24, 2.45) is 5.41 Å². The Labute approximate surface area is 341 Å². The topological polar surface area (TPSA) is 73.3 Å². The highest BCUT2D eigenvalue weighted by Gasteiger charge is 2.61. The number of carboxylic acid groups (broad SMARTS) is 1. The molecule has 2 fully saturated rings. The predicted molar refractivity (Wildman–Crippen MR) is 224 cm³/mol. The molecule has 0 bridgehead atoms. The van der Waals surface area contributed by atoms with Crippen LogP contribution in [-0.2, 0) is 22.6 Å². The molecule has 2 heterocycles. The summed E-state index contributed by atoms with van der Waals surface area (Å²) >= 11 is 0. The van der Waals surface area contributed by atoms with Crippen LogP contribution in [0.25, 0.3) is 21.9 Å². The van der Waals surface area contributed by atoms with Crippen LogP contribution >= 0.6 is 0 Å². The monoisotopic (exact) mass is 807 g/mol. The number of rotatable bonds is 17. The van der Waals surface area contributed by atoms with E-state index < -0.39 is 46.7 Å². The summed E-state index contributed by atoms with van der Waals surface area (Å²) in [7, 11) is 2.90. The molecule has 316 valence electrons. The van der Waals surface area contributed by atoms with Gasteiger partial charge < -0.3 is 19.6 Å². The normalized spacial score (nSPS) is 21.5. The Balaban J connectivity index is 1.42. The molecule has 0 radical (unpaired) electrons. The van der Waals surface area contributed by atoms with Crippen LogP contribution in [0.5, 0.6) is 5.75 Å². The van der Waals surface area contributed by atoms with Crippen molar-refractivity contribution in [3.8, 4) is 16.9 Å². The maximum atomic E-state index is 16.2. The molecule has 2 aliphatic rings. The van der Waals surface area contributed by atoms with Crippen molar-refractivity contribution in [1.82, 2.24) is 14.7 Å². The summed E-state index contributed by atoms with van der Waals surface area (Å²) in [6, 6.07) is 16.0. The molecule has 5 rings (SSSR count). The number of hydrogen-bond acceptors (Lipinski definition) is 5. The van der Waals surface area contributed by atoms with E-state index in [4.69, 9.17) is 4.74 Å². The molecule has 1 amide bonds. The van der Waals surface area contributed by atoms with E-state index in [1.54, 1.807) is 30.2 Å².